The van der Waals surface area contributed by atoms with Crippen LogP contribution in [0.1, 0.15) is 12.5 Å². The highest BCUT2D eigenvalue weighted by Crippen LogP contribution is 2.11. The standard InChI is InChI=1S/C17H19FN2O/c1-13(20(2)12-14-7-4-3-5-8-14)17(21)19-16-10-6-9-15(18)11-16/h3-11,13H,12H2,1-2H3,(H,19,21)/t13-/m0/s1. The topological polar surface area (TPSA) is 32.3 Å². The van der Waals surface area contributed by atoms with Gasteiger partial charge in [0.2, 0.25) is 5.91 Å². The number of halogens is 1. The van der Waals surface area contributed by atoms with Gasteiger partial charge in [-0.1, -0.05) is 36.4 Å². The smallest absolute Gasteiger partial charge is 0.241 e. The monoisotopic (exact) mass is 286 g/mol. The number of rotatable bonds is 5. The number of anilines is 1. The Kier molecular flexibility index (Phi) is 5.06. The van der Waals surface area contributed by atoms with E-state index in [0.717, 1.165) is 5.56 Å². The Hall–Kier alpha value is -2.20. The molecule has 0 saturated heterocycles. The summed E-state index contributed by atoms with van der Waals surface area (Å²) in [7, 11) is 1.89. The first-order chi connectivity index (χ1) is 10.1. The van der Waals surface area contributed by atoms with Crippen LogP contribution >= 0.6 is 0 Å². The molecule has 1 N–H and O–H groups in total. The van der Waals surface area contributed by atoms with Crippen molar-refractivity contribution in [3.05, 3.63) is 66.0 Å². The van der Waals surface area contributed by atoms with Crippen molar-refractivity contribution < 1.29 is 9.18 Å². The summed E-state index contributed by atoms with van der Waals surface area (Å²) >= 11 is 0. The van der Waals surface area contributed by atoms with Gasteiger partial charge in [-0.05, 0) is 37.7 Å². The third-order valence-corrected chi connectivity index (χ3v) is 3.41. The lowest BCUT2D eigenvalue weighted by Crippen LogP contribution is -2.39. The van der Waals surface area contributed by atoms with Crippen molar-refractivity contribution in [2.24, 2.45) is 0 Å². The summed E-state index contributed by atoms with van der Waals surface area (Å²) in [4.78, 5) is 14.1. The number of benzene rings is 2. The van der Waals surface area contributed by atoms with Crippen molar-refractivity contribution in [1.29, 1.82) is 0 Å². The Morgan fingerprint density at radius 3 is 2.57 bits per heavy atom. The second-order valence-electron chi connectivity index (χ2n) is 5.08. The van der Waals surface area contributed by atoms with Crippen LogP contribution in [0.5, 0.6) is 0 Å². The van der Waals surface area contributed by atoms with Crippen LogP contribution in [-0.4, -0.2) is 23.9 Å². The molecule has 0 fully saturated rings. The summed E-state index contributed by atoms with van der Waals surface area (Å²) in [5.74, 6) is -0.517. The Balaban J connectivity index is 1.95. The summed E-state index contributed by atoms with van der Waals surface area (Å²) in [5.41, 5.74) is 1.62. The lowest BCUT2D eigenvalue weighted by Gasteiger charge is -2.24. The Labute approximate surface area is 124 Å². The summed E-state index contributed by atoms with van der Waals surface area (Å²) in [6.45, 7) is 2.51. The van der Waals surface area contributed by atoms with Gasteiger partial charge in [0.15, 0.2) is 0 Å². The molecule has 0 aliphatic heterocycles. The quantitative estimate of drug-likeness (QED) is 0.914. The molecule has 2 aromatic carbocycles. The maximum atomic E-state index is 13.1. The molecule has 4 heteroatoms. The first-order valence-corrected chi connectivity index (χ1v) is 6.87. The molecule has 0 aromatic heterocycles. The van der Waals surface area contributed by atoms with E-state index < -0.39 is 0 Å². The van der Waals surface area contributed by atoms with Gasteiger partial charge in [-0.15, -0.1) is 0 Å². The zero-order valence-corrected chi connectivity index (χ0v) is 12.2. The lowest BCUT2D eigenvalue weighted by molar-refractivity contribution is -0.120. The maximum Gasteiger partial charge on any atom is 0.241 e. The van der Waals surface area contributed by atoms with Crippen LogP contribution in [0, 0.1) is 5.82 Å². The number of amides is 1. The molecule has 1 atom stereocenters. The maximum absolute atomic E-state index is 13.1. The fourth-order valence-corrected chi connectivity index (χ4v) is 2.02. The van der Waals surface area contributed by atoms with E-state index in [4.69, 9.17) is 0 Å². The number of nitrogens with one attached hydrogen (secondary N) is 1. The molecule has 0 spiro atoms. The van der Waals surface area contributed by atoms with E-state index in [-0.39, 0.29) is 17.8 Å². The molecule has 0 saturated carbocycles. The van der Waals surface area contributed by atoms with Gasteiger partial charge in [0, 0.05) is 12.2 Å². The largest absolute Gasteiger partial charge is 0.325 e. The molecule has 0 aliphatic rings. The van der Waals surface area contributed by atoms with Gasteiger partial charge in [-0.25, -0.2) is 4.39 Å². The van der Waals surface area contributed by atoms with E-state index in [1.165, 1.54) is 12.1 Å². The zero-order valence-electron chi connectivity index (χ0n) is 12.2. The molecule has 3 nitrogen and oxygen atoms in total. The molecule has 0 bridgehead atoms. The molecular weight excluding hydrogens is 267 g/mol. The Morgan fingerprint density at radius 1 is 1.19 bits per heavy atom. The van der Waals surface area contributed by atoms with Gasteiger partial charge in [0.05, 0.1) is 6.04 Å². The number of carbonyl (C=O) groups excluding carboxylic acids is 1. The summed E-state index contributed by atoms with van der Waals surface area (Å²) in [6, 6.07) is 15.5. The van der Waals surface area contributed by atoms with Crippen LogP contribution < -0.4 is 5.32 Å². The fraction of sp³-hybridized carbons (Fsp3) is 0.235. The highest BCUT2D eigenvalue weighted by molar-refractivity contribution is 5.94. The predicted molar refractivity (Wildman–Crippen MR) is 82.4 cm³/mol. The van der Waals surface area contributed by atoms with Gasteiger partial charge in [0.25, 0.3) is 0 Å². The van der Waals surface area contributed by atoms with Crippen molar-refractivity contribution in [2.75, 3.05) is 12.4 Å². The fourth-order valence-electron chi connectivity index (χ4n) is 2.02. The van der Waals surface area contributed by atoms with Crippen LogP contribution in [0.3, 0.4) is 0 Å². The van der Waals surface area contributed by atoms with Crippen LogP contribution in [0.4, 0.5) is 10.1 Å². The van der Waals surface area contributed by atoms with Gasteiger partial charge in [0.1, 0.15) is 5.82 Å². The van der Waals surface area contributed by atoms with Gasteiger partial charge in [-0.3, -0.25) is 9.69 Å². The molecule has 21 heavy (non-hydrogen) atoms. The number of likely N-dealkylation sites (N-methyl/N-ethyl adjacent to an activating group) is 1. The summed E-state index contributed by atoms with van der Waals surface area (Å²) in [6.07, 6.45) is 0. The second-order valence-corrected chi connectivity index (χ2v) is 5.08. The molecule has 2 aromatic rings. The van der Waals surface area contributed by atoms with Crippen molar-refractivity contribution in [3.8, 4) is 0 Å². The lowest BCUT2D eigenvalue weighted by atomic mass is 10.2. The summed E-state index contributed by atoms with van der Waals surface area (Å²) in [5, 5.41) is 2.73. The van der Waals surface area contributed by atoms with Crippen molar-refractivity contribution in [3.63, 3.8) is 0 Å². The normalized spacial score (nSPS) is 12.2. The van der Waals surface area contributed by atoms with Crippen LogP contribution in [0.25, 0.3) is 0 Å². The van der Waals surface area contributed by atoms with E-state index in [1.54, 1.807) is 12.1 Å². The minimum Gasteiger partial charge on any atom is -0.325 e. The van der Waals surface area contributed by atoms with Crippen molar-refractivity contribution in [1.82, 2.24) is 4.90 Å². The Morgan fingerprint density at radius 2 is 1.90 bits per heavy atom. The third-order valence-electron chi connectivity index (χ3n) is 3.41. The number of hydrogen-bond donors (Lipinski definition) is 1. The molecule has 1 amide bonds. The number of hydrogen-bond acceptors (Lipinski definition) is 2. The minimum absolute atomic E-state index is 0.154. The number of nitrogens with zero attached hydrogens (tertiary/aromatic N) is 1. The van der Waals surface area contributed by atoms with E-state index >= 15 is 0 Å². The molecule has 2 rings (SSSR count). The van der Waals surface area contributed by atoms with Gasteiger partial charge >= 0.3 is 0 Å². The zero-order chi connectivity index (χ0) is 15.2. The minimum atomic E-state index is -0.363. The SMILES string of the molecule is C[C@@H](C(=O)Nc1cccc(F)c1)N(C)Cc1ccccc1. The first-order valence-electron chi connectivity index (χ1n) is 6.87. The third kappa shape index (κ3) is 4.39. The predicted octanol–water partition coefficient (Wildman–Crippen LogP) is 3.28. The van der Waals surface area contributed by atoms with Crippen LogP contribution in [0.15, 0.2) is 54.6 Å². The van der Waals surface area contributed by atoms with E-state index in [1.807, 2.05) is 49.2 Å². The highest BCUT2D eigenvalue weighted by Gasteiger charge is 2.18. The molecule has 0 unspecified atom stereocenters. The average molecular weight is 286 g/mol. The molecule has 0 aliphatic carbocycles. The first kappa shape index (κ1) is 15.2. The van der Waals surface area contributed by atoms with Gasteiger partial charge in [-0.2, -0.15) is 0 Å². The number of carbonyl (C=O) groups is 1. The van der Waals surface area contributed by atoms with Crippen LogP contribution in [0.2, 0.25) is 0 Å². The molecule has 110 valence electrons. The van der Waals surface area contributed by atoms with Gasteiger partial charge < -0.3 is 5.32 Å². The summed E-state index contributed by atoms with van der Waals surface area (Å²) < 4.78 is 13.1. The highest BCUT2D eigenvalue weighted by atomic mass is 19.1. The van der Waals surface area contributed by atoms with Crippen LogP contribution in [-0.2, 0) is 11.3 Å². The molecule has 0 heterocycles. The van der Waals surface area contributed by atoms with E-state index in [9.17, 15) is 9.18 Å². The van der Waals surface area contributed by atoms with Crippen molar-refractivity contribution in [2.45, 2.75) is 19.5 Å². The van der Waals surface area contributed by atoms with Crippen molar-refractivity contribution >= 4 is 11.6 Å². The van der Waals surface area contributed by atoms with E-state index in [0.29, 0.717) is 12.2 Å². The average Bonchev–Trinajstić information content (AvgIpc) is 2.47. The second kappa shape index (κ2) is 6.99. The Bertz CT molecular complexity index is 601. The molecule has 0 radical (unpaired) electrons. The van der Waals surface area contributed by atoms with E-state index in [2.05, 4.69) is 5.32 Å². The molecular formula is C17H19FN2O.